The molecule has 0 heterocycles. The van der Waals surface area contributed by atoms with Gasteiger partial charge in [0.05, 0.1) is 5.92 Å². The van der Waals surface area contributed by atoms with Crippen molar-refractivity contribution in [3.8, 4) is 0 Å². The fourth-order valence-electron chi connectivity index (χ4n) is 11.1. The monoisotopic (exact) mass is 638 g/mol. The second kappa shape index (κ2) is 14.0. The highest BCUT2D eigenvalue weighted by atomic mass is 16.5. The van der Waals surface area contributed by atoms with Crippen LogP contribution in [-0.2, 0) is 22.4 Å². The lowest BCUT2D eigenvalue weighted by atomic mass is 9.47. The molecule has 3 saturated carbocycles. The number of hydrogen-bond donors (Lipinski definition) is 2. The standard InChI is InChI=1S/C43H62N2O2/c1-28(2)7-6-8-29(3)38-19-20-39-37-18-13-33-27-36(21-23-42(33,4)40(37)22-24-43(38,39)5)47-41(46)32(25-30-9-14-34(44)15-10-30)26-31-11-16-35(45)17-12-31/h9-17,28-29,32,36-40H,6-8,18-27,44-45H2,1-5H3. The van der Waals surface area contributed by atoms with Crippen LogP contribution in [0.5, 0.6) is 0 Å². The van der Waals surface area contributed by atoms with Crippen LogP contribution in [0.15, 0.2) is 60.2 Å². The molecule has 0 aromatic heterocycles. The second-order valence-electron chi connectivity index (χ2n) is 17.2. The van der Waals surface area contributed by atoms with Crippen molar-refractivity contribution >= 4 is 17.3 Å². The Labute approximate surface area is 285 Å². The summed E-state index contributed by atoms with van der Waals surface area (Å²) in [5.41, 5.74) is 17.9. The summed E-state index contributed by atoms with van der Waals surface area (Å²) in [6, 6.07) is 15.8. The number of benzene rings is 2. The minimum absolute atomic E-state index is 0.0323. The molecule has 2 aromatic carbocycles. The zero-order valence-corrected chi connectivity index (χ0v) is 30.0. The van der Waals surface area contributed by atoms with Gasteiger partial charge < -0.3 is 16.2 Å². The van der Waals surface area contributed by atoms with E-state index in [-0.39, 0.29) is 23.4 Å². The minimum atomic E-state index is -0.251. The Bertz CT molecular complexity index is 1350. The lowest BCUT2D eigenvalue weighted by Gasteiger charge is -2.58. The van der Waals surface area contributed by atoms with E-state index < -0.39 is 0 Å². The van der Waals surface area contributed by atoms with Crippen molar-refractivity contribution < 1.29 is 9.53 Å². The number of nitrogen functional groups attached to an aromatic ring is 2. The molecule has 4 aliphatic carbocycles. The molecule has 4 heteroatoms. The molecule has 6 rings (SSSR count). The van der Waals surface area contributed by atoms with E-state index in [1.807, 2.05) is 48.5 Å². The minimum Gasteiger partial charge on any atom is -0.462 e. The van der Waals surface area contributed by atoms with E-state index in [0.717, 1.165) is 77.3 Å². The molecule has 8 unspecified atom stereocenters. The topological polar surface area (TPSA) is 78.3 Å². The number of allylic oxidation sites excluding steroid dienone is 1. The van der Waals surface area contributed by atoms with Crippen LogP contribution in [0.25, 0.3) is 0 Å². The van der Waals surface area contributed by atoms with Gasteiger partial charge in [0, 0.05) is 17.8 Å². The number of rotatable bonds is 11. The zero-order valence-electron chi connectivity index (χ0n) is 30.0. The van der Waals surface area contributed by atoms with Gasteiger partial charge in [-0.1, -0.05) is 89.8 Å². The molecular weight excluding hydrogens is 576 g/mol. The van der Waals surface area contributed by atoms with Gasteiger partial charge in [-0.25, -0.2) is 0 Å². The van der Waals surface area contributed by atoms with Gasteiger partial charge in [0.15, 0.2) is 0 Å². The van der Waals surface area contributed by atoms with Crippen molar-refractivity contribution in [3.05, 3.63) is 71.3 Å². The normalized spacial score (nSPS) is 32.3. The molecule has 3 fully saturated rings. The van der Waals surface area contributed by atoms with Crippen LogP contribution in [-0.4, -0.2) is 12.1 Å². The molecule has 4 N–H and O–H groups in total. The summed E-state index contributed by atoms with van der Waals surface area (Å²) >= 11 is 0. The van der Waals surface area contributed by atoms with Gasteiger partial charge in [0.25, 0.3) is 0 Å². The smallest absolute Gasteiger partial charge is 0.309 e. The van der Waals surface area contributed by atoms with Crippen LogP contribution in [0.2, 0.25) is 0 Å². The lowest BCUT2D eigenvalue weighted by molar-refractivity contribution is -0.156. The largest absolute Gasteiger partial charge is 0.462 e. The summed E-state index contributed by atoms with van der Waals surface area (Å²) in [6.07, 6.45) is 17.9. The molecule has 0 aliphatic heterocycles. The Morgan fingerprint density at radius 3 is 2.09 bits per heavy atom. The first-order valence-corrected chi connectivity index (χ1v) is 19.0. The molecule has 2 aromatic rings. The van der Waals surface area contributed by atoms with Crippen LogP contribution >= 0.6 is 0 Å². The van der Waals surface area contributed by atoms with Crippen LogP contribution < -0.4 is 11.5 Å². The number of carbonyl (C=O) groups is 1. The highest BCUT2D eigenvalue weighted by Crippen LogP contribution is 2.67. The summed E-state index contributed by atoms with van der Waals surface area (Å²) in [4.78, 5) is 13.9. The van der Waals surface area contributed by atoms with Crippen LogP contribution in [0.4, 0.5) is 11.4 Å². The number of hydrogen-bond acceptors (Lipinski definition) is 4. The van der Waals surface area contributed by atoms with E-state index >= 15 is 0 Å². The predicted molar refractivity (Wildman–Crippen MR) is 196 cm³/mol. The fraction of sp³-hybridized carbons (Fsp3) is 0.651. The molecule has 8 atom stereocenters. The first-order valence-electron chi connectivity index (χ1n) is 19.0. The van der Waals surface area contributed by atoms with E-state index in [4.69, 9.17) is 16.2 Å². The second-order valence-corrected chi connectivity index (χ2v) is 17.2. The van der Waals surface area contributed by atoms with Crippen molar-refractivity contribution in [3.63, 3.8) is 0 Å². The van der Waals surface area contributed by atoms with Gasteiger partial charge in [-0.2, -0.15) is 0 Å². The third kappa shape index (κ3) is 7.18. The van der Waals surface area contributed by atoms with Crippen molar-refractivity contribution in [1.82, 2.24) is 0 Å². The molecule has 47 heavy (non-hydrogen) atoms. The third-order valence-electron chi connectivity index (χ3n) is 13.8. The lowest BCUT2D eigenvalue weighted by Crippen LogP contribution is -2.51. The predicted octanol–water partition coefficient (Wildman–Crippen LogP) is 10.2. The molecule has 4 aliphatic rings. The van der Waals surface area contributed by atoms with Crippen molar-refractivity contribution in [2.24, 2.45) is 52.3 Å². The number of fused-ring (bicyclic) bond motifs is 5. The number of ether oxygens (including phenoxy) is 1. The maximum Gasteiger partial charge on any atom is 0.309 e. The first kappa shape index (κ1) is 34.1. The van der Waals surface area contributed by atoms with Gasteiger partial charge in [-0.3, -0.25) is 4.79 Å². The molecular formula is C43H62N2O2. The summed E-state index contributed by atoms with van der Waals surface area (Å²) in [5, 5.41) is 0. The number of nitrogens with two attached hydrogens (primary N) is 2. The molecule has 0 bridgehead atoms. The molecule has 0 saturated heterocycles. The van der Waals surface area contributed by atoms with Crippen LogP contribution in [0.1, 0.15) is 116 Å². The first-order chi connectivity index (χ1) is 22.5. The Morgan fingerprint density at radius 1 is 0.830 bits per heavy atom. The number of carbonyl (C=O) groups excluding carboxylic acids is 1. The van der Waals surface area contributed by atoms with Crippen molar-refractivity contribution in [1.29, 1.82) is 0 Å². The van der Waals surface area contributed by atoms with E-state index in [9.17, 15) is 4.79 Å². The summed E-state index contributed by atoms with van der Waals surface area (Å²) in [5.74, 6) is 4.69. The van der Waals surface area contributed by atoms with Crippen LogP contribution in [0.3, 0.4) is 0 Å². The third-order valence-corrected chi connectivity index (χ3v) is 13.8. The summed E-state index contributed by atoms with van der Waals surface area (Å²) < 4.78 is 6.42. The van der Waals surface area contributed by atoms with Crippen molar-refractivity contribution in [2.75, 3.05) is 11.5 Å². The Balaban J connectivity index is 1.12. The summed E-state index contributed by atoms with van der Waals surface area (Å²) in [6.45, 7) is 12.6. The molecule has 4 nitrogen and oxygen atoms in total. The van der Waals surface area contributed by atoms with Crippen LogP contribution in [0, 0.1) is 52.3 Å². The SMILES string of the molecule is CC(C)CCCC(C)C1CCC2C3CC=C4CC(OC(=O)C(Cc5ccc(N)cc5)Cc5ccc(N)cc5)CCC4(C)C3CCC12C. The highest BCUT2D eigenvalue weighted by molar-refractivity contribution is 5.73. The zero-order chi connectivity index (χ0) is 33.3. The quantitative estimate of drug-likeness (QED) is 0.146. The van der Waals surface area contributed by atoms with E-state index in [0.29, 0.717) is 18.3 Å². The number of esters is 1. The molecule has 0 spiro atoms. The molecule has 0 amide bonds. The average molecular weight is 639 g/mol. The van der Waals surface area contributed by atoms with Gasteiger partial charge >= 0.3 is 5.97 Å². The van der Waals surface area contributed by atoms with Gasteiger partial charge in [-0.15, -0.1) is 0 Å². The Morgan fingerprint density at radius 2 is 1.47 bits per heavy atom. The maximum absolute atomic E-state index is 13.9. The summed E-state index contributed by atoms with van der Waals surface area (Å²) in [7, 11) is 0. The number of anilines is 2. The van der Waals surface area contributed by atoms with Gasteiger partial charge in [-0.05, 0) is 140 Å². The Hall–Kier alpha value is -2.75. The Kier molecular flexibility index (Phi) is 10.2. The fourth-order valence-corrected chi connectivity index (χ4v) is 11.1. The van der Waals surface area contributed by atoms with Gasteiger partial charge in [0.2, 0.25) is 0 Å². The highest BCUT2D eigenvalue weighted by Gasteiger charge is 2.59. The average Bonchev–Trinajstić information content (AvgIpc) is 3.40. The van der Waals surface area contributed by atoms with Gasteiger partial charge in [0.1, 0.15) is 6.10 Å². The van der Waals surface area contributed by atoms with E-state index in [1.54, 1.807) is 5.57 Å². The van der Waals surface area contributed by atoms with Crippen molar-refractivity contribution in [2.45, 2.75) is 124 Å². The van der Waals surface area contributed by atoms with E-state index in [1.165, 1.54) is 51.4 Å². The molecule has 256 valence electrons. The van der Waals surface area contributed by atoms with E-state index in [2.05, 4.69) is 40.7 Å². The molecule has 0 radical (unpaired) electrons. The maximum atomic E-state index is 13.9.